The summed E-state index contributed by atoms with van der Waals surface area (Å²) in [5.74, 6) is 0.546. The van der Waals surface area contributed by atoms with Crippen LogP contribution in [-0.4, -0.2) is 24.2 Å². The molecule has 2 aliphatic rings. The lowest BCUT2D eigenvalue weighted by Crippen LogP contribution is -2.61. The van der Waals surface area contributed by atoms with Gasteiger partial charge in [0.05, 0.1) is 6.61 Å². The van der Waals surface area contributed by atoms with Crippen LogP contribution in [0.4, 0.5) is 0 Å². The van der Waals surface area contributed by atoms with Crippen LogP contribution in [0.25, 0.3) is 0 Å². The molecule has 0 aliphatic heterocycles. The van der Waals surface area contributed by atoms with Crippen molar-refractivity contribution in [3.63, 3.8) is 0 Å². The first-order valence-corrected chi connectivity index (χ1v) is 8.82. The lowest BCUT2D eigenvalue weighted by Gasteiger charge is -2.48. The summed E-state index contributed by atoms with van der Waals surface area (Å²) in [6, 6.07) is 0.490. The molecule has 122 valence electrons. The lowest BCUT2D eigenvalue weighted by molar-refractivity contribution is -0.156. The third-order valence-corrected chi connectivity index (χ3v) is 5.13. The predicted molar refractivity (Wildman–Crippen MR) is 86.2 cm³/mol. The van der Waals surface area contributed by atoms with Crippen LogP contribution in [-0.2, 0) is 9.53 Å². The van der Waals surface area contributed by atoms with Crippen molar-refractivity contribution in [2.75, 3.05) is 6.61 Å². The van der Waals surface area contributed by atoms with Gasteiger partial charge in [0.25, 0.3) is 0 Å². The van der Waals surface area contributed by atoms with Crippen molar-refractivity contribution in [1.82, 2.24) is 5.32 Å². The van der Waals surface area contributed by atoms with E-state index in [4.69, 9.17) is 4.74 Å². The summed E-state index contributed by atoms with van der Waals surface area (Å²) in [5.41, 5.74) is -0.259. The second-order valence-corrected chi connectivity index (χ2v) is 8.14. The van der Waals surface area contributed by atoms with E-state index in [2.05, 4.69) is 26.1 Å². The molecule has 0 bridgehead atoms. The van der Waals surface area contributed by atoms with Gasteiger partial charge in [-0.2, -0.15) is 0 Å². The Balaban J connectivity index is 2.18. The molecule has 2 saturated carbocycles. The van der Waals surface area contributed by atoms with Crippen LogP contribution < -0.4 is 5.32 Å². The Morgan fingerprint density at radius 2 is 1.86 bits per heavy atom. The van der Waals surface area contributed by atoms with E-state index in [1.54, 1.807) is 0 Å². The molecule has 0 amide bonds. The van der Waals surface area contributed by atoms with Gasteiger partial charge in [-0.3, -0.25) is 10.1 Å². The summed E-state index contributed by atoms with van der Waals surface area (Å²) in [6.45, 7) is 9.24. The quantitative estimate of drug-likeness (QED) is 0.795. The molecule has 0 saturated heterocycles. The molecule has 0 aromatic heterocycles. The second kappa shape index (κ2) is 6.68. The molecule has 2 unspecified atom stereocenters. The number of carbonyl (C=O) groups is 1. The monoisotopic (exact) mass is 295 g/mol. The van der Waals surface area contributed by atoms with E-state index in [1.807, 2.05) is 6.92 Å². The minimum absolute atomic E-state index is 0.0183. The summed E-state index contributed by atoms with van der Waals surface area (Å²) < 4.78 is 5.47. The van der Waals surface area contributed by atoms with E-state index in [1.165, 1.54) is 38.5 Å². The van der Waals surface area contributed by atoms with Gasteiger partial charge in [0.15, 0.2) is 0 Å². The van der Waals surface area contributed by atoms with Gasteiger partial charge in [0.2, 0.25) is 0 Å². The van der Waals surface area contributed by atoms with Crippen LogP contribution in [0.2, 0.25) is 0 Å². The number of rotatable bonds is 4. The van der Waals surface area contributed by atoms with E-state index in [0.717, 1.165) is 12.8 Å². The van der Waals surface area contributed by atoms with Crippen LogP contribution >= 0.6 is 0 Å². The third kappa shape index (κ3) is 4.21. The molecule has 0 aromatic rings. The summed E-state index contributed by atoms with van der Waals surface area (Å²) in [6.07, 6.45) is 9.34. The highest BCUT2D eigenvalue weighted by molar-refractivity contribution is 5.81. The van der Waals surface area contributed by atoms with E-state index in [9.17, 15) is 4.79 Å². The Bertz CT molecular complexity index is 360. The molecule has 2 fully saturated rings. The topological polar surface area (TPSA) is 38.3 Å². The molecular weight excluding hydrogens is 262 g/mol. The summed E-state index contributed by atoms with van der Waals surface area (Å²) in [4.78, 5) is 12.7. The van der Waals surface area contributed by atoms with Crippen molar-refractivity contribution >= 4 is 5.97 Å². The maximum atomic E-state index is 12.7. The number of hydrogen-bond acceptors (Lipinski definition) is 3. The Kier molecular flexibility index (Phi) is 5.34. The standard InChI is InChI=1S/C18H33NO2/c1-5-21-16(20)18(19-15-9-7-6-8-10-15)12-14(2)11-17(3,4)13-18/h14-15,19H,5-13H2,1-4H3. The SMILES string of the molecule is CCOC(=O)C1(NC2CCCCC2)CC(C)CC(C)(C)C1. The van der Waals surface area contributed by atoms with E-state index in [0.29, 0.717) is 18.6 Å². The van der Waals surface area contributed by atoms with Crippen molar-refractivity contribution < 1.29 is 9.53 Å². The first-order chi connectivity index (χ1) is 9.87. The Morgan fingerprint density at radius 1 is 1.19 bits per heavy atom. The zero-order chi connectivity index (χ0) is 15.5. The van der Waals surface area contributed by atoms with E-state index >= 15 is 0 Å². The molecule has 2 rings (SSSR count). The average Bonchev–Trinajstić information content (AvgIpc) is 2.37. The fraction of sp³-hybridized carbons (Fsp3) is 0.944. The fourth-order valence-electron chi connectivity index (χ4n) is 4.80. The minimum Gasteiger partial charge on any atom is -0.465 e. The third-order valence-electron chi connectivity index (χ3n) is 5.13. The maximum absolute atomic E-state index is 12.7. The molecule has 0 aromatic carbocycles. The highest BCUT2D eigenvalue weighted by atomic mass is 16.5. The van der Waals surface area contributed by atoms with Gasteiger partial charge in [-0.15, -0.1) is 0 Å². The summed E-state index contributed by atoms with van der Waals surface area (Å²) in [5, 5.41) is 3.77. The Hall–Kier alpha value is -0.570. The molecule has 3 heteroatoms. The number of hydrogen-bond donors (Lipinski definition) is 1. The molecule has 0 spiro atoms. The van der Waals surface area contributed by atoms with E-state index in [-0.39, 0.29) is 11.4 Å². The second-order valence-electron chi connectivity index (χ2n) is 8.14. The fourth-order valence-corrected chi connectivity index (χ4v) is 4.80. The zero-order valence-electron chi connectivity index (χ0n) is 14.3. The Morgan fingerprint density at radius 3 is 2.43 bits per heavy atom. The van der Waals surface area contributed by atoms with Gasteiger partial charge in [0, 0.05) is 6.04 Å². The maximum Gasteiger partial charge on any atom is 0.326 e. The normalized spacial score (nSPS) is 33.6. The molecular formula is C18H33NO2. The highest BCUT2D eigenvalue weighted by Crippen LogP contribution is 2.45. The number of ether oxygens (including phenoxy) is 1. The average molecular weight is 295 g/mol. The van der Waals surface area contributed by atoms with Crippen LogP contribution in [0.5, 0.6) is 0 Å². The minimum atomic E-state index is -0.459. The van der Waals surface area contributed by atoms with Crippen LogP contribution in [0.3, 0.4) is 0 Å². The van der Waals surface area contributed by atoms with Crippen molar-refractivity contribution in [2.24, 2.45) is 11.3 Å². The molecule has 21 heavy (non-hydrogen) atoms. The van der Waals surface area contributed by atoms with Crippen LogP contribution in [0, 0.1) is 11.3 Å². The molecule has 2 atom stereocenters. The molecule has 1 N–H and O–H groups in total. The van der Waals surface area contributed by atoms with Crippen LogP contribution in [0.1, 0.15) is 79.1 Å². The van der Waals surface area contributed by atoms with Gasteiger partial charge >= 0.3 is 5.97 Å². The van der Waals surface area contributed by atoms with Gasteiger partial charge in [0.1, 0.15) is 5.54 Å². The molecule has 0 heterocycles. The lowest BCUT2D eigenvalue weighted by atomic mass is 9.64. The van der Waals surface area contributed by atoms with Crippen molar-refractivity contribution in [3.05, 3.63) is 0 Å². The molecule has 3 nitrogen and oxygen atoms in total. The summed E-state index contributed by atoms with van der Waals surface area (Å²) in [7, 11) is 0. The Labute approximate surface area is 130 Å². The molecule has 0 radical (unpaired) electrons. The van der Waals surface area contributed by atoms with E-state index < -0.39 is 5.54 Å². The van der Waals surface area contributed by atoms with Gasteiger partial charge < -0.3 is 4.74 Å². The number of esters is 1. The van der Waals surface area contributed by atoms with Gasteiger partial charge in [-0.1, -0.05) is 40.0 Å². The number of nitrogens with one attached hydrogen (secondary N) is 1. The van der Waals surface area contributed by atoms with Crippen LogP contribution in [0.15, 0.2) is 0 Å². The van der Waals surface area contributed by atoms with Crippen molar-refractivity contribution in [3.8, 4) is 0 Å². The smallest absolute Gasteiger partial charge is 0.326 e. The van der Waals surface area contributed by atoms with Crippen molar-refractivity contribution in [1.29, 1.82) is 0 Å². The summed E-state index contributed by atoms with van der Waals surface area (Å²) >= 11 is 0. The highest BCUT2D eigenvalue weighted by Gasteiger charge is 2.49. The van der Waals surface area contributed by atoms with Gasteiger partial charge in [-0.25, -0.2) is 0 Å². The molecule has 2 aliphatic carbocycles. The zero-order valence-corrected chi connectivity index (χ0v) is 14.3. The first-order valence-electron chi connectivity index (χ1n) is 8.82. The van der Waals surface area contributed by atoms with Gasteiger partial charge in [-0.05, 0) is 50.4 Å². The van der Waals surface area contributed by atoms with Crippen molar-refractivity contribution in [2.45, 2.75) is 90.6 Å². The predicted octanol–water partition coefficient (Wildman–Crippen LogP) is 4.06. The first kappa shape index (κ1) is 16.8. The largest absolute Gasteiger partial charge is 0.465 e. The number of carbonyl (C=O) groups excluding carboxylic acids is 1.